The first-order valence-corrected chi connectivity index (χ1v) is 8.42. The molecule has 0 aliphatic heterocycles. The molecule has 0 aromatic carbocycles. The minimum Gasteiger partial charge on any atom is -0.480 e. The summed E-state index contributed by atoms with van der Waals surface area (Å²) >= 11 is 0. The van der Waals surface area contributed by atoms with E-state index >= 15 is 0 Å². The number of carboxylic acid groups (broad SMARTS) is 1. The van der Waals surface area contributed by atoms with Gasteiger partial charge < -0.3 is 21.3 Å². The Morgan fingerprint density at radius 2 is 1.91 bits per heavy atom. The maximum atomic E-state index is 12.0. The summed E-state index contributed by atoms with van der Waals surface area (Å²) < 4.78 is 0. The standard InChI is InChI=1S/C16H30N2O4/c1-2-3-9-13(16(21)22)18-15(20)14(19)12(17)10-11-7-5-4-6-8-11/h11-14,19H,2-10,17H2,1H3,(H,18,20)(H,21,22)/t12-,13?,14+/m1/s1. The second kappa shape index (κ2) is 9.79. The normalized spacial score (nSPS) is 20.1. The molecular formula is C16H30N2O4. The van der Waals surface area contributed by atoms with Gasteiger partial charge in [0, 0.05) is 6.04 Å². The Labute approximate surface area is 132 Å². The molecule has 0 aromatic heterocycles. The van der Waals surface area contributed by atoms with Gasteiger partial charge in [-0.3, -0.25) is 4.79 Å². The zero-order valence-electron chi connectivity index (χ0n) is 13.5. The Bertz CT molecular complexity index is 356. The second-order valence-corrected chi connectivity index (χ2v) is 6.39. The largest absolute Gasteiger partial charge is 0.480 e. The van der Waals surface area contributed by atoms with Gasteiger partial charge in [0.15, 0.2) is 0 Å². The molecule has 6 heteroatoms. The number of carbonyl (C=O) groups excluding carboxylic acids is 1. The summed E-state index contributed by atoms with van der Waals surface area (Å²) in [6.07, 6.45) is 6.98. The summed E-state index contributed by atoms with van der Waals surface area (Å²) in [7, 11) is 0. The topological polar surface area (TPSA) is 113 Å². The van der Waals surface area contributed by atoms with Gasteiger partial charge in [0.1, 0.15) is 12.1 Å². The lowest BCUT2D eigenvalue weighted by Crippen LogP contribution is -2.51. The summed E-state index contributed by atoms with van der Waals surface area (Å²) in [5.74, 6) is -1.29. The highest BCUT2D eigenvalue weighted by molar-refractivity contribution is 5.86. The lowest BCUT2D eigenvalue weighted by molar-refractivity contribution is -0.144. The van der Waals surface area contributed by atoms with Crippen LogP contribution in [0.2, 0.25) is 0 Å². The molecule has 6 nitrogen and oxygen atoms in total. The average molecular weight is 314 g/mol. The van der Waals surface area contributed by atoms with E-state index in [4.69, 9.17) is 10.8 Å². The SMILES string of the molecule is CCCCC(NC(=O)[C@@H](O)[C@H](N)CC1CCCCC1)C(=O)O. The summed E-state index contributed by atoms with van der Waals surface area (Å²) in [6.45, 7) is 1.95. The molecule has 1 rings (SSSR count). The maximum Gasteiger partial charge on any atom is 0.326 e. The number of carbonyl (C=O) groups is 2. The second-order valence-electron chi connectivity index (χ2n) is 6.39. The highest BCUT2D eigenvalue weighted by Gasteiger charge is 2.29. The van der Waals surface area contributed by atoms with Crippen LogP contribution in [-0.2, 0) is 9.59 Å². The quantitative estimate of drug-likeness (QED) is 0.514. The lowest BCUT2D eigenvalue weighted by Gasteiger charge is -2.27. The molecule has 1 aliphatic carbocycles. The minimum atomic E-state index is -1.34. The molecule has 1 aliphatic rings. The van der Waals surface area contributed by atoms with Gasteiger partial charge in [-0.1, -0.05) is 51.9 Å². The number of carboxylic acids is 1. The number of aliphatic hydroxyl groups excluding tert-OH is 1. The monoisotopic (exact) mass is 314 g/mol. The van der Waals surface area contributed by atoms with E-state index in [0.29, 0.717) is 25.2 Å². The fraction of sp³-hybridized carbons (Fsp3) is 0.875. The number of amides is 1. The number of aliphatic hydroxyl groups is 1. The van der Waals surface area contributed by atoms with Crippen molar-refractivity contribution in [2.24, 2.45) is 11.7 Å². The Morgan fingerprint density at radius 1 is 1.27 bits per heavy atom. The molecule has 0 radical (unpaired) electrons. The van der Waals surface area contributed by atoms with Crippen molar-refractivity contribution in [2.45, 2.75) is 82.9 Å². The van der Waals surface area contributed by atoms with E-state index in [1.54, 1.807) is 0 Å². The van der Waals surface area contributed by atoms with E-state index < -0.39 is 30.1 Å². The molecule has 128 valence electrons. The van der Waals surface area contributed by atoms with Crippen molar-refractivity contribution in [2.75, 3.05) is 0 Å². The molecule has 3 atom stereocenters. The van der Waals surface area contributed by atoms with Gasteiger partial charge in [-0.05, 0) is 18.8 Å². The molecule has 0 heterocycles. The third-order valence-corrected chi connectivity index (χ3v) is 4.47. The van der Waals surface area contributed by atoms with Crippen molar-refractivity contribution in [3.63, 3.8) is 0 Å². The van der Waals surface area contributed by atoms with E-state index in [1.165, 1.54) is 19.3 Å². The minimum absolute atomic E-state index is 0.363. The van der Waals surface area contributed by atoms with Crippen LogP contribution in [0.3, 0.4) is 0 Å². The third-order valence-electron chi connectivity index (χ3n) is 4.47. The van der Waals surface area contributed by atoms with E-state index in [9.17, 15) is 14.7 Å². The predicted octanol–water partition coefficient (Wildman–Crippen LogP) is 1.40. The maximum absolute atomic E-state index is 12.0. The lowest BCUT2D eigenvalue weighted by atomic mass is 9.84. The number of aliphatic carboxylic acids is 1. The number of nitrogens with two attached hydrogens (primary N) is 1. The summed E-state index contributed by atoms with van der Waals surface area (Å²) in [6, 6.07) is -1.59. The fourth-order valence-electron chi connectivity index (χ4n) is 3.05. The summed E-state index contributed by atoms with van der Waals surface area (Å²) in [4.78, 5) is 23.1. The van der Waals surface area contributed by atoms with Crippen LogP contribution < -0.4 is 11.1 Å². The molecule has 1 amide bonds. The summed E-state index contributed by atoms with van der Waals surface area (Å²) in [5.41, 5.74) is 5.94. The molecule has 0 saturated heterocycles. The first-order chi connectivity index (χ1) is 10.5. The molecular weight excluding hydrogens is 284 g/mol. The van der Waals surface area contributed by atoms with Crippen LogP contribution in [0.1, 0.15) is 64.7 Å². The number of hydrogen-bond acceptors (Lipinski definition) is 4. The van der Waals surface area contributed by atoms with Gasteiger partial charge in [-0.2, -0.15) is 0 Å². The van der Waals surface area contributed by atoms with Gasteiger partial charge in [0.25, 0.3) is 5.91 Å². The zero-order valence-corrected chi connectivity index (χ0v) is 13.5. The van der Waals surface area contributed by atoms with E-state index in [-0.39, 0.29) is 0 Å². The molecule has 0 bridgehead atoms. The molecule has 0 aromatic rings. The van der Waals surface area contributed by atoms with Crippen molar-refractivity contribution in [1.29, 1.82) is 0 Å². The van der Waals surface area contributed by atoms with Crippen LogP contribution >= 0.6 is 0 Å². The van der Waals surface area contributed by atoms with Gasteiger partial charge in [0.05, 0.1) is 0 Å². The highest BCUT2D eigenvalue weighted by atomic mass is 16.4. The van der Waals surface area contributed by atoms with Crippen molar-refractivity contribution in [3.8, 4) is 0 Å². The number of unbranched alkanes of at least 4 members (excludes halogenated alkanes) is 1. The van der Waals surface area contributed by atoms with Crippen LogP contribution in [0.4, 0.5) is 0 Å². The first kappa shape index (κ1) is 18.9. The van der Waals surface area contributed by atoms with Crippen molar-refractivity contribution >= 4 is 11.9 Å². The Kier molecular flexibility index (Phi) is 8.42. The van der Waals surface area contributed by atoms with E-state index in [0.717, 1.165) is 19.3 Å². The molecule has 1 saturated carbocycles. The first-order valence-electron chi connectivity index (χ1n) is 8.42. The van der Waals surface area contributed by atoms with Gasteiger partial charge in [0.2, 0.25) is 0 Å². The molecule has 22 heavy (non-hydrogen) atoms. The van der Waals surface area contributed by atoms with Crippen LogP contribution in [0, 0.1) is 5.92 Å². The number of rotatable bonds is 9. The Morgan fingerprint density at radius 3 is 2.45 bits per heavy atom. The smallest absolute Gasteiger partial charge is 0.326 e. The van der Waals surface area contributed by atoms with Gasteiger partial charge in [-0.15, -0.1) is 0 Å². The molecule has 1 fully saturated rings. The van der Waals surface area contributed by atoms with Crippen LogP contribution in [0.15, 0.2) is 0 Å². The molecule has 0 spiro atoms. The van der Waals surface area contributed by atoms with E-state index in [1.807, 2.05) is 6.92 Å². The number of hydrogen-bond donors (Lipinski definition) is 4. The van der Waals surface area contributed by atoms with E-state index in [2.05, 4.69) is 5.32 Å². The van der Waals surface area contributed by atoms with Gasteiger partial charge in [-0.25, -0.2) is 4.79 Å². The Hall–Kier alpha value is -1.14. The highest BCUT2D eigenvalue weighted by Crippen LogP contribution is 2.27. The molecule has 1 unspecified atom stereocenters. The van der Waals surface area contributed by atoms with Crippen LogP contribution in [-0.4, -0.2) is 40.3 Å². The predicted molar refractivity (Wildman–Crippen MR) is 84.3 cm³/mol. The average Bonchev–Trinajstić information content (AvgIpc) is 2.51. The summed E-state index contributed by atoms with van der Waals surface area (Å²) in [5, 5.41) is 21.5. The number of nitrogens with one attached hydrogen (secondary N) is 1. The molecule has 5 N–H and O–H groups in total. The van der Waals surface area contributed by atoms with Crippen molar-refractivity contribution in [3.05, 3.63) is 0 Å². The third kappa shape index (κ3) is 6.32. The van der Waals surface area contributed by atoms with Crippen molar-refractivity contribution < 1.29 is 19.8 Å². The fourth-order valence-corrected chi connectivity index (χ4v) is 3.05. The van der Waals surface area contributed by atoms with Crippen LogP contribution in [0.5, 0.6) is 0 Å². The Balaban J connectivity index is 2.45. The van der Waals surface area contributed by atoms with Crippen LogP contribution in [0.25, 0.3) is 0 Å². The van der Waals surface area contributed by atoms with Crippen molar-refractivity contribution in [1.82, 2.24) is 5.32 Å². The van der Waals surface area contributed by atoms with Gasteiger partial charge >= 0.3 is 5.97 Å². The zero-order chi connectivity index (χ0) is 16.5.